The summed E-state index contributed by atoms with van der Waals surface area (Å²) in [6.45, 7) is -0.299. The molecule has 0 saturated heterocycles. The first-order valence-corrected chi connectivity index (χ1v) is 4.85. The van der Waals surface area contributed by atoms with Gasteiger partial charge in [-0.15, -0.1) is 0 Å². The predicted molar refractivity (Wildman–Crippen MR) is 57.3 cm³/mol. The number of halogens is 1. The Labute approximate surface area is 93.0 Å². The van der Waals surface area contributed by atoms with Crippen molar-refractivity contribution in [3.63, 3.8) is 0 Å². The molecule has 0 bridgehead atoms. The minimum atomic E-state index is -0.918. The van der Waals surface area contributed by atoms with Crippen molar-refractivity contribution in [2.45, 2.75) is 12.5 Å². The van der Waals surface area contributed by atoms with E-state index in [-0.39, 0.29) is 25.3 Å². The Morgan fingerprint density at radius 1 is 1.50 bits per heavy atom. The number of aliphatic hydroxyl groups excluding tert-OH is 2. The molecule has 0 aromatic heterocycles. The molecule has 0 heterocycles. The van der Waals surface area contributed by atoms with Gasteiger partial charge in [0.1, 0.15) is 5.82 Å². The third kappa shape index (κ3) is 3.50. The zero-order chi connectivity index (χ0) is 12.0. The summed E-state index contributed by atoms with van der Waals surface area (Å²) in [5.41, 5.74) is 0.849. The van der Waals surface area contributed by atoms with Gasteiger partial charge in [-0.25, -0.2) is 4.39 Å². The van der Waals surface area contributed by atoms with Gasteiger partial charge in [0.15, 0.2) is 0 Å². The van der Waals surface area contributed by atoms with E-state index < -0.39 is 11.9 Å². The van der Waals surface area contributed by atoms with Crippen LogP contribution in [0.15, 0.2) is 18.2 Å². The Bertz CT molecular complexity index is 390. The molecule has 0 aliphatic carbocycles. The van der Waals surface area contributed by atoms with E-state index in [2.05, 4.69) is 5.32 Å². The quantitative estimate of drug-likeness (QED) is 0.686. The van der Waals surface area contributed by atoms with E-state index in [4.69, 9.17) is 15.5 Å². The number of anilines is 1. The van der Waals surface area contributed by atoms with Crippen LogP contribution < -0.4 is 5.32 Å². The van der Waals surface area contributed by atoms with Gasteiger partial charge in [-0.3, -0.25) is 0 Å². The van der Waals surface area contributed by atoms with Crippen LogP contribution in [0.1, 0.15) is 5.56 Å². The molecule has 1 atom stereocenters. The van der Waals surface area contributed by atoms with Gasteiger partial charge in [0.25, 0.3) is 0 Å². The molecule has 0 spiro atoms. The van der Waals surface area contributed by atoms with Gasteiger partial charge in [-0.2, -0.15) is 5.26 Å². The van der Waals surface area contributed by atoms with Gasteiger partial charge in [0, 0.05) is 6.54 Å². The van der Waals surface area contributed by atoms with Crippen LogP contribution in [-0.2, 0) is 6.42 Å². The number of hydrogen-bond acceptors (Lipinski definition) is 4. The standard InChI is InChI=1S/C11H13FN2O2/c12-10-5-8(3-4-13)1-2-11(10)14-6-9(16)7-15/h1-2,5,9,14-16H,3,6-7H2. The Morgan fingerprint density at radius 3 is 2.81 bits per heavy atom. The third-order valence-corrected chi connectivity index (χ3v) is 2.06. The third-order valence-electron chi connectivity index (χ3n) is 2.06. The fourth-order valence-corrected chi connectivity index (χ4v) is 1.20. The Morgan fingerprint density at radius 2 is 2.25 bits per heavy atom. The molecule has 4 nitrogen and oxygen atoms in total. The van der Waals surface area contributed by atoms with E-state index in [1.807, 2.05) is 6.07 Å². The van der Waals surface area contributed by atoms with Crippen LogP contribution in [0.4, 0.5) is 10.1 Å². The van der Waals surface area contributed by atoms with Gasteiger partial charge < -0.3 is 15.5 Å². The summed E-state index contributed by atoms with van der Waals surface area (Å²) in [6, 6.07) is 6.35. The molecule has 0 saturated carbocycles. The molecule has 1 aromatic rings. The van der Waals surface area contributed by atoms with Gasteiger partial charge in [-0.05, 0) is 17.7 Å². The van der Waals surface area contributed by atoms with Crippen LogP contribution in [0.2, 0.25) is 0 Å². The maximum atomic E-state index is 13.4. The van der Waals surface area contributed by atoms with Crippen LogP contribution >= 0.6 is 0 Å². The van der Waals surface area contributed by atoms with Gasteiger partial charge in [0.05, 0.1) is 30.9 Å². The van der Waals surface area contributed by atoms with Crippen molar-refractivity contribution < 1.29 is 14.6 Å². The number of rotatable bonds is 5. The minimum absolute atomic E-state index is 0.0744. The topological polar surface area (TPSA) is 76.3 Å². The van der Waals surface area contributed by atoms with Crippen molar-refractivity contribution in [1.82, 2.24) is 0 Å². The van der Waals surface area contributed by atoms with E-state index in [0.717, 1.165) is 0 Å². The van der Waals surface area contributed by atoms with Crippen LogP contribution in [0.3, 0.4) is 0 Å². The Hall–Kier alpha value is -1.64. The van der Waals surface area contributed by atoms with Crippen LogP contribution in [-0.4, -0.2) is 29.5 Å². The minimum Gasteiger partial charge on any atom is -0.394 e. The monoisotopic (exact) mass is 224 g/mol. The second-order valence-electron chi connectivity index (χ2n) is 3.37. The van der Waals surface area contributed by atoms with Crippen LogP contribution in [0.25, 0.3) is 0 Å². The molecule has 1 unspecified atom stereocenters. The average molecular weight is 224 g/mol. The Balaban J connectivity index is 2.65. The zero-order valence-electron chi connectivity index (χ0n) is 8.65. The number of benzene rings is 1. The summed E-state index contributed by atoms with van der Waals surface area (Å²) >= 11 is 0. The van der Waals surface area contributed by atoms with E-state index in [0.29, 0.717) is 5.56 Å². The normalized spacial score (nSPS) is 11.9. The van der Waals surface area contributed by atoms with Gasteiger partial charge >= 0.3 is 0 Å². The molecule has 0 radical (unpaired) electrons. The van der Waals surface area contributed by atoms with Gasteiger partial charge in [-0.1, -0.05) is 6.07 Å². The first-order valence-electron chi connectivity index (χ1n) is 4.85. The SMILES string of the molecule is N#CCc1ccc(NCC(O)CO)c(F)c1. The highest BCUT2D eigenvalue weighted by atomic mass is 19.1. The summed E-state index contributed by atoms with van der Waals surface area (Å²) in [7, 11) is 0. The smallest absolute Gasteiger partial charge is 0.146 e. The highest BCUT2D eigenvalue weighted by Gasteiger charge is 2.06. The van der Waals surface area contributed by atoms with Crippen molar-refractivity contribution in [3.05, 3.63) is 29.6 Å². The molecule has 3 N–H and O–H groups in total. The number of aliphatic hydroxyl groups is 2. The van der Waals surface area contributed by atoms with Crippen molar-refractivity contribution in [3.8, 4) is 6.07 Å². The number of nitriles is 1. The zero-order valence-corrected chi connectivity index (χ0v) is 8.65. The van der Waals surface area contributed by atoms with E-state index >= 15 is 0 Å². The molecular formula is C11H13FN2O2. The highest BCUT2D eigenvalue weighted by molar-refractivity contribution is 5.46. The van der Waals surface area contributed by atoms with E-state index in [9.17, 15) is 4.39 Å². The largest absolute Gasteiger partial charge is 0.394 e. The lowest BCUT2D eigenvalue weighted by molar-refractivity contribution is 0.105. The molecule has 5 heteroatoms. The first-order chi connectivity index (χ1) is 7.67. The fourth-order valence-electron chi connectivity index (χ4n) is 1.20. The maximum absolute atomic E-state index is 13.4. The summed E-state index contributed by atoms with van der Waals surface area (Å²) in [5, 5.41) is 28.8. The van der Waals surface area contributed by atoms with E-state index in [1.54, 1.807) is 6.07 Å². The molecule has 0 aliphatic heterocycles. The average Bonchev–Trinajstić information content (AvgIpc) is 2.28. The predicted octanol–water partition coefficient (Wildman–Crippen LogP) is 0.657. The lowest BCUT2D eigenvalue weighted by atomic mass is 10.1. The molecule has 0 amide bonds. The molecule has 16 heavy (non-hydrogen) atoms. The second kappa shape index (κ2) is 6.05. The van der Waals surface area contributed by atoms with Crippen molar-refractivity contribution in [2.24, 2.45) is 0 Å². The maximum Gasteiger partial charge on any atom is 0.146 e. The van der Waals surface area contributed by atoms with Crippen LogP contribution in [0, 0.1) is 17.1 Å². The summed E-state index contributed by atoms with van der Waals surface area (Å²) < 4.78 is 13.4. The summed E-state index contributed by atoms with van der Waals surface area (Å²) in [5.74, 6) is -0.474. The molecule has 1 aromatic carbocycles. The van der Waals surface area contributed by atoms with Crippen molar-refractivity contribution >= 4 is 5.69 Å². The summed E-state index contributed by atoms with van der Waals surface area (Å²) in [6.07, 6.45) is -0.755. The second-order valence-corrected chi connectivity index (χ2v) is 3.37. The lowest BCUT2D eigenvalue weighted by Crippen LogP contribution is -2.23. The van der Waals surface area contributed by atoms with Crippen molar-refractivity contribution in [2.75, 3.05) is 18.5 Å². The van der Waals surface area contributed by atoms with Crippen LogP contribution in [0.5, 0.6) is 0 Å². The first kappa shape index (κ1) is 12.4. The van der Waals surface area contributed by atoms with Gasteiger partial charge in [0.2, 0.25) is 0 Å². The Kier molecular flexibility index (Phi) is 4.70. The highest BCUT2D eigenvalue weighted by Crippen LogP contribution is 2.15. The number of nitrogens with one attached hydrogen (secondary N) is 1. The molecule has 0 aliphatic rings. The lowest BCUT2D eigenvalue weighted by Gasteiger charge is -2.11. The number of hydrogen-bond donors (Lipinski definition) is 3. The molecular weight excluding hydrogens is 211 g/mol. The van der Waals surface area contributed by atoms with E-state index in [1.165, 1.54) is 12.1 Å². The molecule has 0 fully saturated rings. The summed E-state index contributed by atoms with van der Waals surface area (Å²) in [4.78, 5) is 0. The molecule has 1 rings (SSSR count). The molecule has 86 valence electrons. The number of nitrogens with zero attached hydrogens (tertiary/aromatic N) is 1. The fraction of sp³-hybridized carbons (Fsp3) is 0.364. The van der Waals surface area contributed by atoms with Crippen molar-refractivity contribution in [1.29, 1.82) is 5.26 Å².